The van der Waals surface area contributed by atoms with E-state index < -0.39 is 6.09 Å². The Morgan fingerprint density at radius 1 is 1.00 bits per heavy atom. The minimum Gasteiger partial charge on any atom is -0.493 e. The molecule has 1 unspecified atom stereocenters. The van der Waals surface area contributed by atoms with Gasteiger partial charge in [-0.25, -0.2) is 4.79 Å². The molecule has 2 aromatic carbocycles. The van der Waals surface area contributed by atoms with Crippen LogP contribution in [0.25, 0.3) is 10.9 Å². The number of fused-ring (bicyclic) bond motifs is 1. The maximum Gasteiger partial charge on any atom is 0.412 e. The van der Waals surface area contributed by atoms with E-state index in [9.17, 15) is 9.90 Å². The number of carboxylic acid groups (broad SMARTS) is 1. The average molecular weight is 467 g/mol. The number of aromatic nitrogens is 1. The highest BCUT2D eigenvalue weighted by molar-refractivity contribution is 5.89. The normalized spacial score (nSPS) is 11.8. The van der Waals surface area contributed by atoms with Crippen molar-refractivity contribution >= 4 is 22.7 Å². The van der Waals surface area contributed by atoms with Crippen LogP contribution < -0.4 is 19.1 Å². The molecule has 3 aromatic rings. The van der Waals surface area contributed by atoms with Gasteiger partial charge in [0.25, 0.3) is 0 Å². The second-order valence-electron chi connectivity index (χ2n) is 8.33. The molecule has 0 aliphatic rings. The number of rotatable bonds is 10. The molecule has 7 nitrogen and oxygen atoms in total. The molecule has 3 rings (SSSR count). The summed E-state index contributed by atoms with van der Waals surface area (Å²) in [6.45, 7) is 8.05. The number of methoxy groups -OCH3 is 2. The van der Waals surface area contributed by atoms with Crippen molar-refractivity contribution in [1.29, 1.82) is 0 Å². The Hall–Kier alpha value is -3.48. The summed E-state index contributed by atoms with van der Waals surface area (Å²) in [6, 6.07) is 9.08. The fourth-order valence-corrected chi connectivity index (χ4v) is 4.22. The highest BCUT2D eigenvalue weighted by atomic mass is 16.5. The number of unbranched alkanes of at least 4 members (excludes halogenated alkanes) is 1. The molecular formula is C27H34N2O5. The lowest BCUT2D eigenvalue weighted by Gasteiger charge is -2.31. The maximum absolute atomic E-state index is 12.2. The number of ether oxygens (including phenoxy) is 3. The molecule has 0 aliphatic heterocycles. The van der Waals surface area contributed by atoms with Crippen LogP contribution >= 0.6 is 0 Å². The standard InChI is InChI=1S/C27H34N2O5/c1-7-9-10-19(8-2)29(27(30)31)22-11-12-23(18(4)17(22)3)34-24-13-14-28-21-16-26(33-6)25(32-5)15-20(21)24/h11-16,19H,7-10H2,1-6H3,(H,30,31). The van der Waals surface area contributed by atoms with Crippen molar-refractivity contribution in [2.75, 3.05) is 19.1 Å². The van der Waals surface area contributed by atoms with Crippen molar-refractivity contribution in [1.82, 2.24) is 4.98 Å². The predicted octanol–water partition coefficient (Wildman–Crippen LogP) is 7.11. The molecule has 1 atom stereocenters. The lowest BCUT2D eigenvalue weighted by atomic mass is 10.0. The first-order valence-corrected chi connectivity index (χ1v) is 11.7. The number of carbonyl (C=O) groups is 1. The van der Waals surface area contributed by atoms with Gasteiger partial charge in [-0.05, 0) is 62.1 Å². The van der Waals surface area contributed by atoms with Crippen LogP contribution in [0.1, 0.15) is 50.7 Å². The summed E-state index contributed by atoms with van der Waals surface area (Å²) in [6.07, 6.45) is 4.38. The smallest absolute Gasteiger partial charge is 0.412 e. The first-order valence-electron chi connectivity index (χ1n) is 11.7. The quantitative estimate of drug-likeness (QED) is 0.343. The number of pyridine rings is 1. The number of nitrogens with zero attached hydrogens (tertiary/aromatic N) is 2. The van der Waals surface area contributed by atoms with Gasteiger partial charge in [0.1, 0.15) is 11.5 Å². The van der Waals surface area contributed by atoms with Gasteiger partial charge in [0, 0.05) is 23.7 Å². The van der Waals surface area contributed by atoms with Gasteiger partial charge in [0.05, 0.1) is 25.4 Å². The first kappa shape index (κ1) is 25.1. The molecular weight excluding hydrogens is 432 g/mol. The SMILES string of the molecule is CCCCC(CC)N(C(=O)O)c1ccc(Oc2ccnc3cc(OC)c(OC)cc23)c(C)c1C. The zero-order valence-electron chi connectivity index (χ0n) is 20.8. The Kier molecular flexibility index (Phi) is 8.21. The molecule has 7 heteroatoms. The van der Waals surface area contributed by atoms with Gasteiger partial charge in [-0.3, -0.25) is 9.88 Å². The van der Waals surface area contributed by atoms with Crippen LogP contribution in [0.5, 0.6) is 23.0 Å². The fourth-order valence-electron chi connectivity index (χ4n) is 4.22. The fraction of sp³-hybridized carbons (Fsp3) is 0.407. The first-order chi connectivity index (χ1) is 16.4. The molecule has 1 N–H and O–H groups in total. The van der Waals surface area contributed by atoms with Crippen LogP contribution in [-0.4, -0.2) is 36.4 Å². The lowest BCUT2D eigenvalue weighted by Crippen LogP contribution is -2.39. The third-order valence-corrected chi connectivity index (χ3v) is 6.33. The van der Waals surface area contributed by atoms with Crippen molar-refractivity contribution in [2.24, 2.45) is 0 Å². The molecule has 0 aliphatic carbocycles. The molecule has 0 saturated heterocycles. The summed E-state index contributed by atoms with van der Waals surface area (Å²) in [4.78, 5) is 18.2. The van der Waals surface area contributed by atoms with Crippen molar-refractivity contribution < 1.29 is 24.1 Å². The summed E-state index contributed by atoms with van der Waals surface area (Å²) >= 11 is 0. The maximum atomic E-state index is 12.2. The van der Waals surface area contributed by atoms with Crippen molar-refractivity contribution in [3.8, 4) is 23.0 Å². The summed E-state index contributed by atoms with van der Waals surface area (Å²) in [5.41, 5.74) is 3.19. The van der Waals surface area contributed by atoms with Gasteiger partial charge < -0.3 is 19.3 Å². The summed E-state index contributed by atoms with van der Waals surface area (Å²) in [5, 5.41) is 10.8. The van der Waals surface area contributed by atoms with Gasteiger partial charge >= 0.3 is 6.09 Å². The molecule has 1 heterocycles. The van der Waals surface area contributed by atoms with E-state index in [1.807, 2.05) is 45.0 Å². The zero-order valence-corrected chi connectivity index (χ0v) is 20.8. The van der Waals surface area contributed by atoms with Crippen molar-refractivity contribution in [2.45, 2.75) is 59.4 Å². The Morgan fingerprint density at radius 3 is 2.32 bits per heavy atom. The van der Waals surface area contributed by atoms with Gasteiger partial charge in [0.2, 0.25) is 0 Å². The van der Waals surface area contributed by atoms with E-state index in [1.54, 1.807) is 26.5 Å². The monoisotopic (exact) mass is 466 g/mol. The molecule has 0 spiro atoms. The van der Waals surface area contributed by atoms with Crippen LogP contribution in [0, 0.1) is 13.8 Å². The number of hydrogen-bond donors (Lipinski definition) is 1. The van der Waals surface area contributed by atoms with Crippen molar-refractivity contribution in [3.05, 3.63) is 47.7 Å². The van der Waals surface area contributed by atoms with Gasteiger partial charge in [-0.1, -0.05) is 26.7 Å². The number of hydrogen-bond acceptors (Lipinski definition) is 5. The molecule has 1 aromatic heterocycles. The molecule has 0 saturated carbocycles. The van der Waals surface area contributed by atoms with Gasteiger partial charge in [-0.15, -0.1) is 0 Å². The number of anilines is 1. The highest BCUT2D eigenvalue weighted by Gasteiger charge is 2.26. The van der Waals surface area contributed by atoms with E-state index >= 15 is 0 Å². The topological polar surface area (TPSA) is 81.1 Å². The third kappa shape index (κ3) is 5.03. The molecule has 34 heavy (non-hydrogen) atoms. The molecule has 1 amide bonds. The molecule has 0 radical (unpaired) electrons. The van der Waals surface area contributed by atoms with E-state index in [4.69, 9.17) is 14.2 Å². The van der Waals surface area contributed by atoms with Crippen molar-refractivity contribution in [3.63, 3.8) is 0 Å². The van der Waals surface area contributed by atoms with Crippen LogP contribution in [0.4, 0.5) is 10.5 Å². The van der Waals surface area contributed by atoms with E-state index in [1.165, 1.54) is 4.90 Å². The Balaban J connectivity index is 2.01. The summed E-state index contributed by atoms with van der Waals surface area (Å²) in [5.74, 6) is 2.48. The van der Waals surface area contributed by atoms with Crippen LogP contribution in [0.2, 0.25) is 0 Å². The minimum absolute atomic E-state index is 0.0612. The number of benzene rings is 2. The molecule has 0 fully saturated rings. The Labute approximate surface area is 201 Å². The lowest BCUT2D eigenvalue weighted by molar-refractivity contribution is 0.198. The average Bonchev–Trinajstić information content (AvgIpc) is 2.84. The van der Waals surface area contributed by atoms with Crippen LogP contribution in [0.3, 0.4) is 0 Å². The van der Waals surface area contributed by atoms with E-state index in [0.29, 0.717) is 28.7 Å². The van der Waals surface area contributed by atoms with Crippen LogP contribution in [-0.2, 0) is 0 Å². The van der Waals surface area contributed by atoms with Gasteiger partial charge in [0.15, 0.2) is 11.5 Å². The Bertz CT molecular complexity index is 1160. The zero-order chi connectivity index (χ0) is 24.8. The van der Waals surface area contributed by atoms with Crippen LogP contribution in [0.15, 0.2) is 36.5 Å². The third-order valence-electron chi connectivity index (χ3n) is 6.33. The summed E-state index contributed by atoms with van der Waals surface area (Å²) in [7, 11) is 3.18. The number of amides is 1. The second kappa shape index (κ2) is 11.1. The minimum atomic E-state index is -0.930. The largest absolute Gasteiger partial charge is 0.493 e. The van der Waals surface area contributed by atoms with Gasteiger partial charge in [-0.2, -0.15) is 0 Å². The van der Waals surface area contributed by atoms with E-state index in [0.717, 1.165) is 47.7 Å². The molecule has 182 valence electrons. The Morgan fingerprint density at radius 2 is 1.71 bits per heavy atom. The summed E-state index contributed by atoms with van der Waals surface area (Å²) < 4.78 is 17.2. The molecule has 0 bridgehead atoms. The highest BCUT2D eigenvalue weighted by Crippen LogP contribution is 2.39. The van der Waals surface area contributed by atoms with E-state index in [2.05, 4.69) is 11.9 Å². The second-order valence-corrected chi connectivity index (χ2v) is 8.33. The van der Waals surface area contributed by atoms with E-state index in [-0.39, 0.29) is 6.04 Å². The predicted molar refractivity (Wildman–Crippen MR) is 135 cm³/mol.